The molecule has 2 aromatic heterocycles. The van der Waals surface area contributed by atoms with Crippen LogP contribution in [0.4, 0.5) is 0 Å². The van der Waals surface area contributed by atoms with Crippen molar-refractivity contribution >= 4 is 43.6 Å². The summed E-state index contributed by atoms with van der Waals surface area (Å²) in [6.07, 6.45) is 0. The van der Waals surface area contributed by atoms with Gasteiger partial charge in [0, 0.05) is 38.4 Å². The first-order valence-electron chi connectivity index (χ1n) is 17.2. The topological polar surface area (TPSA) is 9.86 Å². The zero-order valence-corrected chi connectivity index (χ0v) is 27.4. The number of fused-ring (bicyclic) bond motifs is 6. The summed E-state index contributed by atoms with van der Waals surface area (Å²) in [4.78, 5) is 0. The highest BCUT2D eigenvalue weighted by Crippen LogP contribution is 2.44. The third-order valence-corrected chi connectivity index (χ3v) is 10.1. The van der Waals surface area contributed by atoms with Gasteiger partial charge >= 0.3 is 0 Å². The van der Waals surface area contributed by atoms with Crippen molar-refractivity contribution in [3.8, 4) is 44.8 Å². The largest absolute Gasteiger partial charge is 0.309 e. The van der Waals surface area contributed by atoms with Crippen molar-refractivity contribution in [1.82, 2.24) is 9.13 Å². The smallest absolute Gasteiger partial charge is 0.0619 e. The van der Waals surface area contributed by atoms with E-state index in [0.29, 0.717) is 0 Å². The average molecular weight is 637 g/mol. The lowest BCUT2D eigenvalue weighted by molar-refractivity contribution is 1.18. The van der Waals surface area contributed by atoms with Gasteiger partial charge in [0.2, 0.25) is 0 Å². The second kappa shape index (κ2) is 11.5. The van der Waals surface area contributed by atoms with E-state index in [1.165, 1.54) is 82.7 Å². The Hall–Kier alpha value is -6.64. The van der Waals surface area contributed by atoms with Gasteiger partial charge in [0.05, 0.1) is 27.8 Å². The normalized spacial score (nSPS) is 11.6. The second-order valence-corrected chi connectivity index (χ2v) is 12.9. The minimum Gasteiger partial charge on any atom is -0.309 e. The van der Waals surface area contributed by atoms with Crippen molar-refractivity contribution in [2.24, 2.45) is 0 Å². The van der Waals surface area contributed by atoms with E-state index in [1.807, 2.05) is 0 Å². The molecule has 0 aliphatic rings. The molecule has 234 valence electrons. The number of benzene rings is 8. The maximum Gasteiger partial charge on any atom is 0.0619 e. The van der Waals surface area contributed by atoms with Gasteiger partial charge in [-0.15, -0.1) is 0 Å². The van der Waals surface area contributed by atoms with Crippen molar-refractivity contribution in [3.63, 3.8) is 0 Å². The Morgan fingerprint density at radius 1 is 0.260 bits per heavy atom. The van der Waals surface area contributed by atoms with Gasteiger partial charge in [-0.1, -0.05) is 146 Å². The van der Waals surface area contributed by atoms with Crippen molar-refractivity contribution in [3.05, 3.63) is 194 Å². The molecule has 0 radical (unpaired) electrons. The van der Waals surface area contributed by atoms with Gasteiger partial charge in [-0.2, -0.15) is 0 Å². The molecule has 0 saturated heterocycles. The summed E-state index contributed by atoms with van der Waals surface area (Å²) in [5.41, 5.74) is 14.3. The van der Waals surface area contributed by atoms with Crippen LogP contribution in [-0.2, 0) is 0 Å². The van der Waals surface area contributed by atoms with Crippen LogP contribution in [-0.4, -0.2) is 9.13 Å². The average Bonchev–Trinajstić information content (AvgIpc) is 3.71. The van der Waals surface area contributed by atoms with Crippen LogP contribution >= 0.6 is 0 Å². The Bertz CT molecular complexity index is 2670. The maximum absolute atomic E-state index is 2.48. The third-order valence-electron chi connectivity index (χ3n) is 10.1. The van der Waals surface area contributed by atoms with E-state index in [-0.39, 0.29) is 0 Å². The summed E-state index contributed by atoms with van der Waals surface area (Å²) in [6.45, 7) is 0. The first-order valence-corrected chi connectivity index (χ1v) is 17.2. The molecule has 0 aliphatic heterocycles. The first-order chi connectivity index (χ1) is 24.8. The van der Waals surface area contributed by atoms with Crippen molar-refractivity contribution in [2.75, 3.05) is 0 Å². The van der Waals surface area contributed by atoms with Gasteiger partial charge < -0.3 is 9.13 Å². The predicted octanol–water partition coefficient (Wildman–Crippen LogP) is 12.9. The molecule has 0 aliphatic carbocycles. The highest BCUT2D eigenvalue weighted by molar-refractivity contribution is 6.11. The lowest BCUT2D eigenvalue weighted by Crippen LogP contribution is -2.01. The third kappa shape index (κ3) is 4.43. The Morgan fingerprint density at radius 3 is 1.04 bits per heavy atom. The van der Waals surface area contributed by atoms with Crippen molar-refractivity contribution in [2.45, 2.75) is 0 Å². The van der Waals surface area contributed by atoms with Gasteiger partial charge in [0.15, 0.2) is 0 Å². The number of rotatable bonds is 5. The van der Waals surface area contributed by atoms with Crippen LogP contribution < -0.4 is 0 Å². The Kier molecular flexibility index (Phi) is 6.53. The molecule has 0 amide bonds. The standard InChI is InChI=1S/C48H32N2/c1-3-15-34(16-4-1)42-31-36(33-27-29-37(30-28-33)49-44-23-11-7-19-38(44)39-20-8-12-24-45(39)49)32-43(35-17-5-2-6-18-35)48(42)50-46-25-13-9-21-40(46)41-22-10-14-26-47(41)50/h1-32H. The zero-order valence-electron chi connectivity index (χ0n) is 27.4. The van der Waals surface area contributed by atoms with Gasteiger partial charge in [0.1, 0.15) is 0 Å². The van der Waals surface area contributed by atoms with E-state index in [0.717, 1.165) is 5.69 Å². The fraction of sp³-hybridized carbons (Fsp3) is 0. The van der Waals surface area contributed by atoms with Crippen LogP contribution in [0.1, 0.15) is 0 Å². The maximum atomic E-state index is 2.48. The molecule has 50 heavy (non-hydrogen) atoms. The minimum absolute atomic E-state index is 1.15. The molecule has 0 spiro atoms. The van der Waals surface area contributed by atoms with E-state index < -0.39 is 0 Å². The molecule has 10 rings (SSSR count). The molecule has 8 aromatic carbocycles. The Labute approximate surface area is 290 Å². The second-order valence-electron chi connectivity index (χ2n) is 12.9. The molecule has 2 heterocycles. The monoisotopic (exact) mass is 636 g/mol. The highest BCUT2D eigenvalue weighted by Gasteiger charge is 2.21. The van der Waals surface area contributed by atoms with Crippen LogP contribution in [0.15, 0.2) is 194 Å². The molecule has 0 atom stereocenters. The number of nitrogens with zero attached hydrogens (tertiary/aromatic N) is 2. The SMILES string of the molecule is c1ccc(-c2cc(-c3ccc(-n4c5ccccc5c5ccccc54)cc3)cc(-c3ccccc3)c2-n2c3ccccc3c3ccccc32)cc1. The molecule has 2 heteroatoms. The summed E-state index contributed by atoms with van der Waals surface area (Å²) in [5, 5.41) is 5.05. The summed E-state index contributed by atoms with van der Waals surface area (Å²) in [6, 6.07) is 70.5. The molecule has 0 saturated carbocycles. The van der Waals surface area contributed by atoms with Crippen LogP contribution in [0.25, 0.3) is 88.4 Å². The Balaban J connectivity index is 1.24. The van der Waals surface area contributed by atoms with Gasteiger partial charge in [-0.25, -0.2) is 0 Å². The number of hydrogen-bond acceptors (Lipinski definition) is 0. The number of para-hydroxylation sites is 4. The van der Waals surface area contributed by atoms with Crippen LogP contribution in [0, 0.1) is 0 Å². The lowest BCUT2D eigenvalue weighted by atomic mass is 9.90. The lowest BCUT2D eigenvalue weighted by Gasteiger charge is -2.21. The summed E-state index contributed by atoms with van der Waals surface area (Å²) >= 11 is 0. The summed E-state index contributed by atoms with van der Waals surface area (Å²) < 4.78 is 4.86. The minimum atomic E-state index is 1.15. The molecule has 0 unspecified atom stereocenters. The molecule has 0 fully saturated rings. The van der Waals surface area contributed by atoms with Gasteiger partial charge in [-0.05, 0) is 70.8 Å². The molecular formula is C48H32N2. The molecular weight excluding hydrogens is 605 g/mol. The zero-order chi connectivity index (χ0) is 33.0. The van der Waals surface area contributed by atoms with Crippen molar-refractivity contribution < 1.29 is 0 Å². The molecule has 0 bridgehead atoms. The van der Waals surface area contributed by atoms with E-state index in [1.54, 1.807) is 0 Å². The number of aromatic nitrogens is 2. The van der Waals surface area contributed by atoms with Gasteiger partial charge in [0.25, 0.3) is 0 Å². The molecule has 0 N–H and O–H groups in total. The van der Waals surface area contributed by atoms with E-state index in [4.69, 9.17) is 0 Å². The Morgan fingerprint density at radius 2 is 0.620 bits per heavy atom. The fourth-order valence-electron chi connectivity index (χ4n) is 7.88. The van der Waals surface area contributed by atoms with Crippen molar-refractivity contribution in [1.29, 1.82) is 0 Å². The van der Waals surface area contributed by atoms with Gasteiger partial charge in [-0.3, -0.25) is 0 Å². The quantitative estimate of drug-likeness (QED) is 0.178. The molecule has 2 nitrogen and oxygen atoms in total. The van der Waals surface area contributed by atoms with Crippen LogP contribution in [0.3, 0.4) is 0 Å². The summed E-state index contributed by atoms with van der Waals surface area (Å²) in [7, 11) is 0. The highest BCUT2D eigenvalue weighted by atomic mass is 15.0. The van der Waals surface area contributed by atoms with E-state index >= 15 is 0 Å². The fourth-order valence-corrected chi connectivity index (χ4v) is 7.88. The first kappa shape index (κ1) is 28.4. The van der Waals surface area contributed by atoms with E-state index in [2.05, 4.69) is 203 Å². The predicted molar refractivity (Wildman–Crippen MR) is 211 cm³/mol. The summed E-state index contributed by atoms with van der Waals surface area (Å²) in [5.74, 6) is 0. The number of hydrogen-bond donors (Lipinski definition) is 0. The molecule has 10 aromatic rings. The van der Waals surface area contributed by atoms with Crippen LogP contribution in [0.5, 0.6) is 0 Å². The van der Waals surface area contributed by atoms with Crippen LogP contribution in [0.2, 0.25) is 0 Å². The van der Waals surface area contributed by atoms with E-state index in [9.17, 15) is 0 Å².